The van der Waals surface area contributed by atoms with Crippen LogP contribution in [0.5, 0.6) is 5.75 Å². The molecule has 6 heteroatoms. The standard InChI is InChI=1S/C15H20F2N2O2/c16-13-3-1-2-4-14(13)21-10-7-18-11-15(17)5-8-19(12-20)9-6-15/h1-4,12,18H,5-11H2. The van der Waals surface area contributed by atoms with Gasteiger partial charge in [0, 0.05) is 39.0 Å². The quantitative estimate of drug-likeness (QED) is 0.616. The van der Waals surface area contributed by atoms with Gasteiger partial charge in [-0.1, -0.05) is 12.1 Å². The zero-order valence-corrected chi connectivity index (χ0v) is 11.9. The van der Waals surface area contributed by atoms with Crippen LogP contribution in [0.15, 0.2) is 24.3 Å². The molecule has 0 spiro atoms. The van der Waals surface area contributed by atoms with E-state index in [0.717, 1.165) is 6.41 Å². The summed E-state index contributed by atoms with van der Waals surface area (Å²) in [5, 5.41) is 2.99. The highest BCUT2D eigenvalue weighted by Crippen LogP contribution is 2.25. The number of ether oxygens (including phenoxy) is 1. The molecule has 1 saturated heterocycles. The van der Waals surface area contributed by atoms with Crippen molar-refractivity contribution in [2.24, 2.45) is 0 Å². The second-order valence-electron chi connectivity index (χ2n) is 5.25. The molecule has 0 radical (unpaired) electrons. The Bertz CT molecular complexity index is 463. The number of rotatable bonds is 7. The van der Waals surface area contributed by atoms with Crippen LogP contribution in [-0.4, -0.2) is 49.8 Å². The summed E-state index contributed by atoms with van der Waals surface area (Å²) in [5.41, 5.74) is -1.28. The Morgan fingerprint density at radius 3 is 2.71 bits per heavy atom. The van der Waals surface area contributed by atoms with Gasteiger partial charge in [-0.2, -0.15) is 0 Å². The molecule has 1 N–H and O–H groups in total. The summed E-state index contributed by atoms with van der Waals surface area (Å²) in [7, 11) is 0. The van der Waals surface area contributed by atoms with Crippen molar-refractivity contribution >= 4 is 6.41 Å². The molecule has 1 heterocycles. The zero-order valence-electron chi connectivity index (χ0n) is 11.9. The van der Waals surface area contributed by atoms with E-state index in [2.05, 4.69) is 5.32 Å². The molecule has 1 aliphatic rings. The smallest absolute Gasteiger partial charge is 0.209 e. The molecule has 0 aromatic heterocycles. The van der Waals surface area contributed by atoms with Crippen molar-refractivity contribution in [1.29, 1.82) is 0 Å². The van der Waals surface area contributed by atoms with E-state index < -0.39 is 11.5 Å². The molecular weight excluding hydrogens is 278 g/mol. The van der Waals surface area contributed by atoms with Gasteiger partial charge in [-0.3, -0.25) is 4.79 Å². The van der Waals surface area contributed by atoms with Gasteiger partial charge >= 0.3 is 0 Å². The number of halogens is 2. The van der Waals surface area contributed by atoms with E-state index in [9.17, 15) is 13.6 Å². The first-order valence-corrected chi connectivity index (χ1v) is 7.09. The maximum Gasteiger partial charge on any atom is 0.209 e. The fourth-order valence-electron chi connectivity index (χ4n) is 2.31. The van der Waals surface area contributed by atoms with Crippen LogP contribution in [0.4, 0.5) is 8.78 Å². The molecule has 21 heavy (non-hydrogen) atoms. The van der Waals surface area contributed by atoms with Crippen molar-refractivity contribution in [3.8, 4) is 5.75 Å². The number of amides is 1. The van der Waals surface area contributed by atoms with Gasteiger partial charge in [0.2, 0.25) is 6.41 Å². The molecule has 0 bridgehead atoms. The molecule has 1 aromatic carbocycles. The lowest BCUT2D eigenvalue weighted by Gasteiger charge is -2.34. The van der Waals surface area contributed by atoms with Gasteiger partial charge in [-0.15, -0.1) is 0 Å². The molecule has 2 rings (SSSR count). The molecule has 1 aliphatic heterocycles. The van der Waals surface area contributed by atoms with Crippen molar-refractivity contribution in [3.63, 3.8) is 0 Å². The van der Waals surface area contributed by atoms with Gasteiger partial charge in [0.05, 0.1) is 0 Å². The minimum atomic E-state index is -1.28. The lowest BCUT2D eigenvalue weighted by molar-refractivity contribution is -0.120. The van der Waals surface area contributed by atoms with E-state index in [1.54, 1.807) is 23.1 Å². The third kappa shape index (κ3) is 4.67. The third-order valence-corrected chi connectivity index (χ3v) is 3.66. The molecular formula is C15H20F2N2O2. The van der Waals surface area contributed by atoms with Gasteiger partial charge in [-0.05, 0) is 12.1 Å². The third-order valence-electron chi connectivity index (χ3n) is 3.66. The minimum Gasteiger partial charge on any atom is -0.489 e. The summed E-state index contributed by atoms with van der Waals surface area (Å²) in [5.74, 6) is -0.200. The van der Waals surface area contributed by atoms with E-state index in [1.807, 2.05) is 0 Å². The SMILES string of the molecule is O=CN1CCC(F)(CNCCOc2ccccc2F)CC1. The predicted octanol–water partition coefficient (Wildman–Crippen LogP) is 1.75. The van der Waals surface area contributed by atoms with Crippen molar-refractivity contribution in [1.82, 2.24) is 10.2 Å². The molecule has 1 amide bonds. The number of nitrogens with zero attached hydrogens (tertiary/aromatic N) is 1. The summed E-state index contributed by atoms with van der Waals surface area (Å²) in [6.07, 6.45) is 1.44. The number of alkyl halides is 1. The van der Waals surface area contributed by atoms with E-state index in [1.165, 1.54) is 6.07 Å². The first-order chi connectivity index (χ1) is 10.1. The van der Waals surface area contributed by atoms with Crippen LogP contribution >= 0.6 is 0 Å². The van der Waals surface area contributed by atoms with E-state index in [0.29, 0.717) is 32.5 Å². The van der Waals surface area contributed by atoms with Crippen LogP contribution < -0.4 is 10.1 Å². The van der Waals surface area contributed by atoms with Gasteiger partial charge in [0.15, 0.2) is 11.6 Å². The molecule has 0 aliphatic carbocycles. The number of carbonyl (C=O) groups excluding carboxylic acids is 1. The lowest BCUT2D eigenvalue weighted by atomic mass is 9.93. The molecule has 0 unspecified atom stereocenters. The number of piperidine rings is 1. The normalized spacial score (nSPS) is 17.5. The first kappa shape index (κ1) is 15.7. The van der Waals surface area contributed by atoms with E-state index in [4.69, 9.17) is 4.74 Å². The van der Waals surface area contributed by atoms with Crippen LogP contribution in [-0.2, 0) is 4.79 Å². The topological polar surface area (TPSA) is 41.6 Å². The number of benzene rings is 1. The Balaban J connectivity index is 1.64. The fourth-order valence-corrected chi connectivity index (χ4v) is 2.31. The Morgan fingerprint density at radius 1 is 1.33 bits per heavy atom. The molecule has 0 saturated carbocycles. The first-order valence-electron chi connectivity index (χ1n) is 7.09. The summed E-state index contributed by atoms with van der Waals surface area (Å²) >= 11 is 0. The predicted molar refractivity (Wildman–Crippen MR) is 75.5 cm³/mol. The highest BCUT2D eigenvalue weighted by atomic mass is 19.1. The highest BCUT2D eigenvalue weighted by Gasteiger charge is 2.33. The maximum atomic E-state index is 14.4. The number of para-hydroxylation sites is 1. The highest BCUT2D eigenvalue weighted by molar-refractivity contribution is 5.47. The van der Waals surface area contributed by atoms with Gasteiger partial charge < -0.3 is 15.0 Å². The number of hydrogen-bond donors (Lipinski definition) is 1. The van der Waals surface area contributed by atoms with Crippen molar-refractivity contribution in [2.75, 3.05) is 32.8 Å². The second kappa shape index (κ2) is 7.36. The van der Waals surface area contributed by atoms with Crippen LogP contribution in [0.25, 0.3) is 0 Å². The summed E-state index contributed by atoms with van der Waals surface area (Å²) in [6.45, 7) is 1.84. The Labute approximate surface area is 123 Å². The fraction of sp³-hybridized carbons (Fsp3) is 0.533. The minimum absolute atomic E-state index is 0.202. The maximum absolute atomic E-state index is 14.4. The van der Waals surface area contributed by atoms with Gasteiger partial charge in [-0.25, -0.2) is 8.78 Å². The number of carbonyl (C=O) groups is 1. The summed E-state index contributed by atoms with van der Waals surface area (Å²) < 4.78 is 33.0. The number of likely N-dealkylation sites (tertiary alicyclic amines) is 1. The molecule has 1 aromatic rings. The lowest BCUT2D eigenvalue weighted by Crippen LogP contribution is -2.47. The molecule has 4 nitrogen and oxygen atoms in total. The van der Waals surface area contributed by atoms with Crippen molar-refractivity contribution in [2.45, 2.75) is 18.5 Å². The van der Waals surface area contributed by atoms with Crippen molar-refractivity contribution in [3.05, 3.63) is 30.1 Å². The van der Waals surface area contributed by atoms with Crippen LogP contribution in [0.1, 0.15) is 12.8 Å². The van der Waals surface area contributed by atoms with Crippen LogP contribution in [0, 0.1) is 5.82 Å². The number of hydrogen-bond acceptors (Lipinski definition) is 3. The molecule has 0 atom stereocenters. The van der Waals surface area contributed by atoms with Gasteiger partial charge in [0.25, 0.3) is 0 Å². The molecule has 116 valence electrons. The largest absolute Gasteiger partial charge is 0.489 e. The Hall–Kier alpha value is -1.69. The van der Waals surface area contributed by atoms with E-state index in [-0.39, 0.29) is 18.9 Å². The monoisotopic (exact) mass is 298 g/mol. The summed E-state index contributed by atoms with van der Waals surface area (Å²) in [6, 6.07) is 6.18. The summed E-state index contributed by atoms with van der Waals surface area (Å²) in [4.78, 5) is 12.2. The average Bonchev–Trinajstić information content (AvgIpc) is 2.49. The Morgan fingerprint density at radius 2 is 2.05 bits per heavy atom. The van der Waals surface area contributed by atoms with Crippen molar-refractivity contribution < 1.29 is 18.3 Å². The van der Waals surface area contributed by atoms with Crippen LogP contribution in [0.3, 0.4) is 0 Å². The molecule has 1 fully saturated rings. The average molecular weight is 298 g/mol. The number of nitrogens with one attached hydrogen (secondary N) is 1. The second-order valence-corrected chi connectivity index (χ2v) is 5.25. The zero-order chi connectivity index (χ0) is 15.1. The van der Waals surface area contributed by atoms with Gasteiger partial charge in [0.1, 0.15) is 12.3 Å². The Kier molecular flexibility index (Phi) is 5.50. The van der Waals surface area contributed by atoms with E-state index >= 15 is 0 Å². The van der Waals surface area contributed by atoms with Crippen LogP contribution in [0.2, 0.25) is 0 Å².